The Labute approximate surface area is 173 Å². The summed E-state index contributed by atoms with van der Waals surface area (Å²) in [7, 11) is 0. The number of amides is 2. The minimum atomic E-state index is -0.313. The third kappa shape index (κ3) is 4.48. The highest BCUT2D eigenvalue weighted by Gasteiger charge is 2.43. The van der Waals surface area contributed by atoms with Gasteiger partial charge in [-0.2, -0.15) is 0 Å². The van der Waals surface area contributed by atoms with Gasteiger partial charge in [0.25, 0.3) is 5.91 Å². The van der Waals surface area contributed by atoms with Gasteiger partial charge in [-0.1, -0.05) is 26.2 Å². The van der Waals surface area contributed by atoms with Crippen LogP contribution in [0.3, 0.4) is 0 Å². The molecule has 1 aromatic carbocycles. The molecule has 6 nitrogen and oxygen atoms in total. The van der Waals surface area contributed by atoms with Crippen LogP contribution in [0.1, 0.15) is 51.9 Å². The van der Waals surface area contributed by atoms with E-state index < -0.39 is 0 Å². The maximum absolute atomic E-state index is 13.1. The molecular formula is C23H33N3O3. The highest BCUT2D eigenvalue weighted by Crippen LogP contribution is 2.29. The van der Waals surface area contributed by atoms with E-state index in [-0.39, 0.29) is 24.3 Å². The van der Waals surface area contributed by atoms with Gasteiger partial charge in [-0.25, -0.2) is 4.90 Å². The maximum Gasteiger partial charge on any atom is 0.251 e. The highest BCUT2D eigenvalue weighted by molar-refractivity contribution is 6.22. The molecule has 2 amide bonds. The zero-order valence-electron chi connectivity index (χ0n) is 17.5. The number of anilines is 1. The standard InChI is InChI=1S/C23H33N3O3/c1-2-16-29-20-10-8-19(9-11-20)26-22(27)17-21(23(26)28)25-14-12-24(13-15-25)18-6-4-3-5-7-18/h8-11,18,21H,2-7,12-17H2,1H3/t21-/m0/s1. The fraction of sp³-hybridized carbons (Fsp3) is 0.652. The topological polar surface area (TPSA) is 53.1 Å². The summed E-state index contributed by atoms with van der Waals surface area (Å²) in [6.07, 6.45) is 7.92. The number of piperazine rings is 1. The van der Waals surface area contributed by atoms with Gasteiger partial charge in [0.05, 0.1) is 24.8 Å². The van der Waals surface area contributed by atoms with Gasteiger partial charge >= 0.3 is 0 Å². The number of hydrogen-bond acceptors (Lipinski definition) is 5. The number of hydrogen-bond donors (Lipinski definition) is 0. The molecule has 0 spiro atoms. The van der Waals surface area contributed by atoms with Crippen LogP contribution in [0, 0.1) is 0 Å². The van der Waals surface area contributed by atoms with Gasteiger partial charge < -0.3 is 4.74 Å². The predicted octanol–water partition coefficient (Wildman–Crippen LogP) is 3.06. The van der Waals surface area contributed by atoms with Crippen LogP contribution in [0.4, 0.5) is 5.69 Å². The molecule has 2 heterocycles. The first kappa shape index (κ1) is 20.4. The first-order valence-corrected chi connectivity index (χ1v) is 11.2. The largest absolute Gasteiger partial charge is 0.494 e. The average molecular weight is 400 g/mol. The fourth-order valence-corrected chi connectivity index (χ4v) is 4.94. The van der Waals surface area contributed by atoms with Crippen LogP contribution in [-0.2, 0) is 9.59 Å². The van der Waals surface area contributed by atoms with Crippen LogP contribution < -0.4 is 9.64 Å². The lowest BCUT2D eigenvalue weighted by molar-refractivity contribution is -0.123. The summed E-state index contributed by atoms with van der Waals surface area (Å²) in [5.74, 6) is 0.588. The van der Waals surface area contributed by atoms with Crippen molar-refractivity contribution >= 4 is 17.5 Å². The smallest absolute Gasteiger partial charge is 0.251 e. The third-order valence-corrected chi connectivity index (χ3v) is 6.57. The maximum atomic E-state index is 13.1. The molecule has 4 rings (SSSR count). The molecule has 0 radical (unpaired) electrons. The molecule has 29 heavy (non-hydrogen) atoms. The molecule has 1 saturated carbocycles. The summed E-state index contributed by atoms with van der Waals surface area (Å²) in [5, 5.41) is 0. The zero-order chi connectivity index (χ0) is 20.2. The number of carbonyl (C=O) groups excluding carboxylic acids is 2. The highest BCUT2D eigenvalue weighted by atomic mass is 16.5. The normalized spacial score (nSPS) is 25.0. The first-order valence-electron chi connectivity index (χ1n) is 11.2. The quantitative estimate of drug-likeness (QED) is 0.688. The Bertz CT molecular complexity index is 707. The second kappa shape index (κ2) is 9.26. The summed E-state index contributed by atoms with van der Waals surface area (Å²) in [4.78, 5) is 31.9. The van der Waals surface area contributed by atoms with E-state index in [1.807, 2.05) is 24.3 Å². The number of benzene rings is 1. The van der Waals surface area contributed by atoms with E-state index in [1.165, 1.54) is 37.0 Å². The van der Waals surface area contributed by atoms with Crippen molar-refractivity contribution in [1.29, 1.82) is 0 Å². The number of imide groups is 1. The SMILES string of the molecule is CCCOc1ccc(N2C(=O)C[C@H](N3CCN(C4CCCCC4)CC3)C2=O)cc1. The van der Waals surface area contributed by atoms with E-state index in [1.54, 1.807) is 0 Å². The summed E-state index contributed by atoms with van der Waals surface area (Å²) >= 11 is 0. The Balaban J connectivity index is 1.36. The van der Waals surface area contributed by atoms with Crippen molar-refractivity contribution in [2.45, 2.75) is 64.0 Å². The van der Waals surface area contributed by atoms with Crippen LogP contribution in [0.15, 0.2) is 24.3 Å². The molecule has 0 bridgehead atoms. The van der Waals surface area contributed by atoms with Crippen LogP contribution in [0.2, 0.25) is 0 Å². The fourth-order valence-electron chi connectivity index (χ4n) is 4.94. The van der Waals surface area contributed by atoms with Crippen LogP contribution in [0.5, 0.6) is 5.75 Å². The van der Waals surface area contributed by atoms with E-state index >= 15 is 0 Å². The lowest BCUT2D eigenvalue weighted by Gasteiger charge is -2.42. The van der Waals surface area contributed by atoms with Crippen molar-refractivity contribution in [1.82, 2.24) is 9.80 Å². The summed E-state index contributed by atoms with van der Waals surface area (Å²) in [6, 6.07) is 7.70. The molecule has 3 aliphatic rings. The zero-order valence-corrected chi connectivity index (χ0v) is 17.5. The Hall–Kier alpha value is -1.92. The van der Waals surface area contributed by atoms with Crippen molar-refractivity contribution in [3.63, 3.8) is 0 Å². The molecular weight excluding hydrogens is 366 g/mol. The van der Waals surface area contributed by atoms with Crippen LogP contribution in [-0.4, -0.2) is 66.5 Å². The third-order valence-electron chi connectivity index (χ3n) is 6.57. The molecule has 0 N–H and O–H groups in total. The van der Waals surface area contributed by atoms with Crippen LogP contribution >= 0.6 is 0 Å². The Kier molecular flexibility index (Phi) is 6.50. The van der Waals surface area contributed by atoms with Crippen molar-refractivity contribution in [2.24, 2.45) is 0 Å². The van der Waals surface area contributed by atoms with E-state index in [2.05, 4.69) is 16.7 Å². The van der Waals surface area contributed by atoms with Gasteiger partial charge in [0.1, 0.15) is 5.75 Å². The predicted molar refractivity (Wildman–Crippen MR) is 113 cm³/mol. The Morgan fingerprint density at radius 3 is 2.24 bits per heavy atom. The Morgan fingerprint density at radius 2 is 1.59 bits per heavy atom. The second-order valence-electron chi connectivity index (χ2n) is 8.49. The van der Waals surface area contributed by atoms with Gasteiger partial charge in [-0.15, -0.1) is 0 Å². The molecule has 0 unspecified atom stereocenters. The molecule has 6 heteroatoms. The molecule has 158 valence electrons. The minimum absolute atomic E-state index is 0.0802. The van der Waals surface area contributed by atoms with Gasteiger partial charge in [0, 0.05) is 32.2 Å². The van der Waals surface area contributed by atoms with Crippen molar-refractivity contribution < 1.29 is 14.3 Å². The number of nitrogens with zero attached hydrogens (tertiary/aromatic N) is 3. The summed E-state index contributed by atoms with van der Waals surface area (Å²) in [6.45, 7) is 6.48. The average Bonchev–Trinajstić information content (AvgIpc) is 3.07. The molecule has 1 aliphatic carbocycles. The van der Waals surface area contributed by atoms with E-state index in [0.717, 1.165) is 44.4 Å². The van der Waals surface area contributed by atoms with Crippen molar-refractivity contribution in [3.8, 4) is 5.75 Å². The second-order valence-corrected chi connectivity index (χ2v) is 8.49. The number of rotatable bonds is 6. The molecule has 1 atom stereocenters. The minimum Gasteiger partial charge on any atom is -0.494 e. The molecule has 1 aromatic rings. The molecule has 2 aliphatic heterocycles. The van der Waals surface area contributed by atoms with Crippen molar-refractivity contribution in [3.05, 3.63) is 24.3 Å². The lowest BCUT2D eigenvalue weighted by Crippen LogP contribution is -2.55. The number of ether oxygens (including phenoxy) is 1. The van der Waals surface area contributed by atoms with Gasteiger partial charge in [-0.05, 0) is 43.5 Å². The van der Waals surface area contributed by atoms with Crippen LogP contribution in [0.25, 0.3) is 0 Å². The van der Waals surface area contributed by atoms with Gasteiger partial charge in [-0.3, -0.25) is 19.4 Å². The molecule has 0 aromatic heterocycles. The summed E-state index contributed by atoms with van der Waals surface area (Å²) < 4.78 is 5.60. The summed E-state index contributed by atoms with van der Waals surface area (Å²) in [5.41, 5.74) is 0.646. The molecule has 2 saturated heterocycles. The first-order chi connectivity index (χ1) is 14.2. The van der Waals surface area contributed by atoms with E-state index in [9.17, 15) is 9.59 Å². The van der Waals surface area contributed by atoms with E-state index in [0.29, 0.717) is 12.3 Å². The van der Waals surface area contributed by atoms with E-state index in [4.69, 9.17) is 4.74 Å². The Morgan fingerprint density at radius 1 is 0.931 bits per heavy atom. The van der Waals surface area contributed by atoms with Crippen molar-refractivity contribution in [2.75, 3.05) is 37.7 Å². The van der Waals surface area contributed by atoms with Gasteiger partial charge in [0.15, 0.2) is 0 Å². The number of carbonyl (C=O) groups is 2. The lowest BCUT2D eigenvalue weighted by atomic mass is 9.93. The van der Waals surface area contributed by atoms with Gasteiger partial charge in [0.2, 0.25) is 5.91 Å². The monoisotopic (exact) mass is 399 g/mol. The molecule has 3 fully saturated rings.